The number of benzene rings is 1. The quantitative estimate of drug-likeness (QED) is 0.682. The Morgan fingerprint density at radius 3 is 2.46 bits per heavy atom. The monoisotopic (exact) mass is 321 g/mol. The van der Waals surface area contributed by atoms with Gasteiger partial charge in [-0.1, -0.05) is 18.2 Å². The van der Waals surface area contributed by atoms with Crippen LogP contribution in [0, 0.1) is 0 Å². The second kappa shape index (κ2) is 7.41. The molecule has 2 heterocycles. The Morgan fingerprint density at radius 1 is 1.00 bits per heavy atom. The Morgan fingerprint density at radius 2 is 1.71 bits per heavy atom. The van der Waals surface area contributed by atoms with E-state index in [4.69, 9.17) is 0 Å². The summed E-state index contributed by atoms with van der Waals surface area (Å²) < 4.78 is 1.51. The lowest BCUT2D eigenvalue weighted by Gasteiger charge is -2.12. The normalized spacial score (nSPS) is 10.4. The van der Waals surface area contributed by atoms with Gasteiger partial charge in [0.2, 0.25) is 5.95 Å². The predicted molar refractivity (Wildman–Crippen MR) is 96.1 cm³/mol. The highest BCUT2D eigenvalue weighted by molar-refractivity contribution is 5.59. The summed E-state index contributed by atoms with van der Waals surface area (Å²) in [6, 6.07) is 15.2. The highest BCUT2D eigenvalue weighted by atomic mass is 16.1. The van der Waals surface area contributed by atoms with Crippen LogP contribution in [0.4, 0.5) is 11.6 Å². The number of rotatable bonds is 6. The van der Waals surface area contributed by atoms with Crippen LogP contribution in [0.25, 0.3) is 11.3 Å². The maximum Gasteiger partial charge on any atom is 0.255 e. The summed E-state index contributed by atoms with van der Waals surface area (Å²) in [4.78, 5) is 20.7. The third kappa shape index (κ3) is 3.78. The number of hydrogen-bond acceptors (Lipinski definition) is 5. The van der Waals surface area contributed by atoms with Crippen molar-refractivity contribution in [2.24, 2.45) is 7.05 Å². The number of aromatic nitrogens is 3. The molecular formula is C18H19N5O. The van der Waals surface area contributed by atoms with Crippen LogP contribution in [0.15, 0.2) is 65.7 Å². The van der Waals surface area contributed by atoms with Crippen molar-refractivity contribution >= 4 is 11.6 Å². The van der Waals surface area contributed by atoms with E-state index in [1.165, 1.54) is 10.6 Å². The van der Waals surface area contributed by atoms with E-state index in [1.807, 2.05) is 42.5 Å². The highest BCUT2D eigenvalue weighted by Crippen LogP contribution is 2.15. The number of para-hydroxylation sites is 1. The number of anilines is 2. The first-order chi connectivity index (χ1) is 11.7. The van der Waals surface area contributed by atoms with Crippen molar-refractivity contribution in [2.75, 3.05) is 23.7 Å². The molecule has 0 atom stereocenters. The molecule has 0 amide bonds. The van der Waals surface area contributed by atoms with Gasteiger partial charge in [0.1, 0.15) is 0 Å². The maximum atomic E-state index is 12.1. The molecule has 0 aliphatic rings. The highest BCUT2D eigenvalue weighted by Gasteiger charge is 2.07. The lowest BCUT2D eigenvalue weighted by molar-refractivity contribution is 0.824. The van der Waals surface area contributed by atoms with E-state index in [0.29, 0.717) is 18.2 Å². The molecule has 6 nitrogen and oxygen atoms in total. The molecule has 2 aromatic heterocycles. The van der Waals surface area contributed by atoms with Crippen LogP contribution in [-0.4, -0.2) is 27.6 Å². The third-order valence-corrected chi connectivity index (χ3v) is 3.62. The molecule has 0 unspecified atom stereocenters. The van der Waals surface area contributed by atoms with Crippen molar-refractivity contribution in [2.45, 2.75) is 0 Å². The number of hydrogen-bond donors (Lipinski definition) is 2. The molecule has 0 spiro atoms. The second-order valence-corrected chi connectivity index (χ2v) is 5.32. The van der Waals surface area contributed by atoms with Gasteiger partial charge in [-0.2, -0.15) is 0 Å². The first-order valence-corrected chi connectivity index (χ1v) is 7.75. The molecule has 2 N–H and O–H groups in total. The lowest BCUT2D eigenvalue weighted by Crippen LogP contribution is -2.24. The molecule has 24 heavy (non-hydrogen) atoms. The summed E-state index contributed by atoms with van der Waals surface area (Å²) in [5, 5.41) is 6.52. The zero-order chi connectivity index (χ0) is 16.8. The van der Waals surface area contributed by atoms with Gasteiger partial charge in [-0.3, -0.25) is 14.3 Å². The Bertz CT molecular complexity index is 846. The molecule has 0 bridgehead atoms. The van der Waals surface area contributed by atoms with Gasteiger partial charge in [0.15, 0.2) is 0 Å². The van der Waals surface area contributed by atoms with E-state index in [0.717, 1.165) is 17.8 Å². The molecule has 0 radical (unpaired) electrons. The number of pyridine rings is 1. The van der Waals surface area contributed by atoms with Gasteiger partial charge in [0.25, 0.3) is 5.56 Å². The van der Waals surface area contributed by atoms with E-state index in [2.05, 4.69) is 20.6 Å². The van der Waals surface area contributed by atoms with Gasteiger partial charge in [0, 0.05) is 49.8 Å². The van der Waals surface area contributed by atoms with Gasteiger partial charge < -0.3 is 10.6 Å². The van der Waals surface area contributed by atoms with Gasteiger partial charge >= 0.3 is 0 Å². The van der Waals surface area contributed by atoms with Gasteiger partial charge in [-0.05, 0) is 24.3 Å². The fourth-order valence-corrected chi connectivity index (χ4v) is 2.31. The van der Waals surface area contributed by atoms with Crippen LogP contribution >= 0.6 is 0 Å². The van der Waals surface area contributed by atoms with E-state index in [9.17, 15) is 4.79 Å². The minimum absolute atomic E-state index is 0.102. The van der Waals surface area contributed by atoms with Crippen molar-refractivity contribution < 1.29 is 0 Å². The fraction of sp³-hybridized carbons (Fsp3) is 0.167. The SMILES string of the molecule is Cn1c(NCCNc2ccccc2)nc(-c2ccncc2)cc1=O. The summed E-state index contributed by atoms with van der Waals surface area (Å²) in [5.74, 6) is 0.546. The molecule has 6 heteroatoms. The van der Waals surface area contributed by atoms with Gasteiger partial charge in [0.05, 0.1) is 5.69 Å². The molecule has 0 saturated heterocycles. The zero-order valence-electron chi connectivity index (χ0n) is 13.4. The van der Waals surface area contributed by atoms with Crippen LogP contribution in [0.5, 0.6) is 0 Å². The molecule has 0 fully saturated rings. The third-order valence-electron chi connectivity index (χ3n) is 3.62. The van der Waals surface area contributed by atoms with Crippen LogP contribution in [0.3, 0.4) is 0 Å². The van der Waals surface area contributed by atoms with Crippen LogP contribution in [0.2, 0.25) is 0 Å². The standard InChI is InChI=1S/C18H19N5O/c1-23-17(24)13-16(14-7-9-19-10-8-14)22-18(23)21-12-11-20-15-5-3-2-4-6-15/h2-10,13,20H,11-12H2,1H3,(H,21,22). The Labute approximate surface area is 140 Å². The molecule has 0 aliphatic carbocycles. The van der Waals surface area contributed by atoms with Crippen LogP contribution in [-0.2, 0) is 7.05 Å². The number of nitrogens with one attached hydrogen (secondary N) is 2. The predicted octanol–water partition coefficient (Wildman–Crippen LogP) is 2.37. The first kappa shape index (κ1) is 15.7. The zero-order valence-corrected chi connectivity index (χ0v) is 13.4. The molecule has 1 aromatic carbocycles. The maximum absolute atomic E-state index is 12.1. The lowest BCUT2D eigenvalue weighted by atomic mass is 10.2. The summed E-state index contributed by atoms with van der Waals surface area (Å²) in [5.41, 5.74) is 2.47. The molecule has 0 saturated carbocycles. The molecule has 3 aromatic rings. The first-order valence-electron chi connectivity index (χ1n) is 7.75. The molecular weight excluding hydrogens is 302 g/mol. The van der Waals surface area contributed by atoms with Crippen molar-refractivity contribution in [1.82, 2.24) is 14.5 Å². The van der Waals surface area contributed by atoms with Crippen molar-refractivity contribution in [3.05, 3.63) is 71.3 Å². The summed E-state index contributed by atoms with van der Waals surface area (Å²) in [6.07, 6.45) is 3.37. The van der Waals surface area contributed by atoms with Crippen LogP contribution < -0.4 is 16.2 Å². The molecule has 0 aliphatic heterocycles. The topological polar surface area (TPSA) is 71.8 Å². The second-order valence-electron chi connectivity index (χ2n) is 5.32. The minimum Gasteiger partial charge on any atom is -0.383 e. The summed E-state index contributed by atoms with van der Waals surface area (Å²) in [6.45, 7) is 1.37. The van der Waals surface area contributed by atoms with Crippen LogP contribution in [0.1, 0.15) is 0 Å². The number of nitrogens with zero attached hydrogens (tertiary/aromatic N) is 3. The Kier molecular flexibility index (Phi) is 4.86. The van der Waals surface area contributed by atoms with Gasteiger partial charge in [-0.15, -0.1) is 0 Å². The Hall–Kier alpha value is -3.15. The average molecular weight is 321 g/mol. The van der Waals surface area contributed by atoms with Crippen molar-refractivity contribution in [3.63, 3.8) is 0 Å². The molecule has 3 rings (SSSR count). The van der Waals surface area contributed by atoms with E-state index >= 15 is 0 Å². The summed E-state index contributed by atoms with van der Waals surface area (Å²) in [7, 11) is 1.71. The van der Waals surface area contributed by atoms with Crippen molar-refractivity contribution in [1.29, 1.82) is 0 Å². The van der Waals surface area contributed by atoms with Crippen molar-refractivity contribution in [3.8, 4) is 11.3 Å². The largest absolute Gasteiger partial charge is 0.383 e. The van der Waals surface area contributed by atoms with E-state index in [-0.39, 0.29) is 5.56 Å². The smallest absolute Gasteiger partial charge is 0.255 e. The molecule has 122 valence electrons. The average Bonchev–Trinajstić information content (AvgIpc) is 2.63. The summed E-state index contributed by atoms with van der Waals surface area (Å²) >= 11 is 0. The minimum atomic E-state index is -0.102. The Balaban J connectivity index is 1.69. The van der Waals surface area contributed by atoms with E-state index in [1.54, 1.807) is 19.4 Å². The van der Waals surface area contributed by atoms with Gasteiger partial charge in [-0.25, -0.2) is 4.98 Å². The fourth-order valence-electron chi connectivity index (χ4n) is 2.31. The van der Waals surface area contributed by atoms with E-state index < -0.39 is 0 Å².